The maximum Gasteiger partial charge on any atom is 0.251 e. The van der Waals surface area contributed by atoms with E-state index in [1.165, 1.54) is 12.8 Å². The van der Waals surface area contributed by atoms with Gasteiger partial charge in [0.25, 0.3) is 5.91 Å². The summed E-state index contributed by atoms with van der Waals surface area (Å²) in [4.78, 5) is 19.3. The number of hydrogen-bond donors (Lipinski definition) is 1. The van der Waals surface area contributed by atoms with E-state index in [9.17, 15) is 4.79 Å². The Morgan fingerprint density at radius 3 is 2.32 bits per heavy atom. The van der Waals surface area contributed by atoms with Crippen LogP contribution >= 0.6 is 0 Å². The van der Waals surface area contributed by atoms with Gasteiger partial charge < -0.3 is 10.1 Å². The summed E-state index contributed by atoms with van der Waals surface area (Å²) in [6, 6.07) is 19.7. The Labute approximate surface area is 202 Å². The molecule has 0 spiro atoms. The molecule has 0 saturated carbocycles. The number of amides is 1. The normalized spacial score (nSPS) is 26.3. The molecular weight excluding hydrogens is 422 g/mol. The highest BCUT2D eigenvalue weighted by Gasteiger charge is 2.54. The van der Waals surface area contributed by atoms with Crippen LogP contribution in [-0.4, -0.2) is 40.0 Å². The summed E-state index contributed by atoms with van der Waals surface area (Å²) in [5, 5.41) is 3.04. The monoisotopic (exact) mass is 455 g/mol. The molecular formula is C29H33N3O2. The van der Waals surface area contributed by atoms with Gasteiger partial charge in [-0.1, -0.05) is 24.3 Å². The second-order valence-corrected chi connectivity index (χ2v) is 10.3. The fraction of sp³-hybridized carbons (Fsp3) is 0.379. The Bertz CT molecular complexity index is 1140. The Hall–Kier alpha value is -3.18. The highest BCUT2D eigenvalue weighted by Crippen LogP contribution is 2.49. The van der Waals surface area contributed by atoms with Crippen molar-refractivity contribution in [2.24, 2.45) is 0 Å². The summed E-state index contributed by atoms with van der Waals surface area (Å²) in [6.45, 7) is 5.19. The van der Waals surface area contributed by atoms with Crippen molar-refractivity contribution in [3.8, 4) is 16.9 Å². The third-order valence-corrected chi connectivity index (χ3v) is 7.97. The maximum atomic E-state index is 12.7. The number of nitrogens with one attached hydrogen (secondary N) is 1. The van der Waals surface area contributed by atoms with Gasteiger partial charge in [-0.2, -0.15) is 0 Å². The van der Waals surface area contributed by atoms with E-state index in [-0.39, 0.29) is 23.1 Å². The standard InChI is InChI=1S/C29H33N3O2/c1-28-13-14-29(2,32(28)3)19-26(18-28)34-25-6-4-5-21(17-25)20-31-27(33)24-9-7-22(8-10-24)23-11-15-30-16-12-23/h4-12,15-17,26H,13-14,18-20H2,1-3H3,(H,31,33)/t26?,28-,29+. The van der Waals surface area contributed by atoms with Crippen LogP contribution in [0.4, 0.5) is 0 Å². The molecule has 3 aromatic rings. The van der Waals surface area contributed by atoms with Crippen molar-refractivity contribution in [2.45, 2.75) is 63.3 Å². The summed E-state index contributed by atoms with van der Waals surface area (Å²) in [7, 11) is 2.26. The molecule has 0 radical (unpaired) electrons. The molecule has 2 aliphatic heterocycles. The minimum absolute atomic E-state index is 0.0830. The van der Waals surface area contributed by atoms with Crippen LogP contribution in [0.2, 0.25) is 0 Å². The highest BCUT2D eigenvalue weighted by atomic mass is 16.5. The molecule has 5 nitrogen and oxygen atoms in total. The molecule has 5 rings (SSSR count). The Kier molecular flexibility index (Phi) is 5.90. The number of hydrogen-bond acceptors (Lipinski definition) is 4. The van der Waals surface area contributed by atoms with Gasteiger partial charge in [0.1, 0.15) is 11.9 Å². The van der Waals surface area contributed by atoms with E-state index in [2.05, 4.69) is 42.2 Å². The van der Waals surface area contributed by atoms with E-state index < -0.39 is 0 Å². The van der Waals surface area contributed by atoms with Crippen LogP contribution < -0.4 is 10.1 Å². The number of benzene rings is 2. The van der Waals surface area contributed by atoms with Gasteiger partial charge in [0.2, 0.25) is 0 Å². The molecule has 5 heteroatoms. The molecule has 2 aliphatic rings. The van der Waals surface area contributed by atoms with Gasteiger partial charge in [0.15, 0.2) is 0 Å². The molecule has 2 saturated heterocycles. The Morgan fingerprint density at radius 1 is 1.00 bits per heavy atom. The zero-order chi connectivity index (χ0) is 23.8. The molecule has 2 fully saturated rings. The number of piperidine rings is 1. The molecule has 34 heavy (non-hydrogen) atoms. The molecule has 176 valence electrons. The maximum absolute atomic E-state index is 12.7. The van der Waals surface area contributed by atoms with Crippen molar-refractivity contribution in [3.05, 3.63) is 84.2 Å². The molecule has 2 bridgehead atoms. The fourth-order valence-electron chi connectivity index (χ4n) is 5.70. The minimum atomic E-state index is -0.0830. The first-order valence-electron chi connectivity index (χ1n) is 12.1. The summed E-state index contributed by atoms with van der Waals surface area (Å²) in [5.74, 6) is 0.801. The third kappa shape index (κ3) is 4.45. The average Bonchev–Trinajstić information content (AvgIpc) is 2.98. The average molecular weight is 456 g/mol. The Balaban J connectivity index is 1.19. The van der Waals surface area contributed by atoms with Crippen LogP contribution in [0.5, 0.6) is 5.75 Å². The van der Waals surface area contributed by atoms with Crippen LogP contribution in [-0.2, 0) is 6.54 Å². The topological polar surface area (TPSA) is 54.5 Å². The second kappa shape index (κ2) is 8.88. The van der Waals surface area contributed by atoms with Crippen LogP contribution in [0.15, 0.2) is 73.1 Å². The van der Waals surface area contributed by atoms with Crippen molar-refractivity contribution in [3.63, 3.8) is 0 Å². The number of rotatable bonds is 6. The molecule has 2 aromatic carbocycles. The van der Waals surface area contributed by atoms with Crippen LogP contribution in [0, 0.1) is 0 Å². The molecule has 1 amide bonds. The Morgan fingerprint density at radius 2 is 1.65 bits per heavy atom. The molecule has 1 unspecified atom stereocenters. The molecule has 0 aliphatic carbocycles. The summed E-state index contributed by atoms with van der Waals surface area (Å²) >= 11 is 0. The van der Waals surface area contributed by atoms with E-state index >= 15 is 0 Å². The summed E-state index contributed by atoms with van der Waals surface area (Å²) < 4.78 is 6.46. The summed E-state index contributed by atoms with van der Waals surface area (Å²) in [6.07, 6.45) is 8.32. The lowest BCUT2D eigenvalue weighted by Gasteiger charge is -2.49. The van der Waals surface area contributed by atoms with Gasteiger partial charge >= 0.3 is 0 Å². The molecule has 1 aromatic heterocycles. The first-order chi connectivity index (χ1) is 16.3. The SMILES string of the molecule is CN1[C@@]2(C)CC[C@]1(C)CC(Oc1cccc(CNC(=O)c3ccc(-c4ccncc4)cc3)c1)C2. The first kappa shape index (κ1) is 22.6. The number of aromatic nitrogens is 1. The van der Waals surface area contributed by atoms with Crippen LogP contribution in [0.3, 0.4) is 0 Å². The number of ether oxygens (including phenoxy) is 1. The number of fused-ring (bicyclic) bond motifs is 2. The van der Waals surface area contributed by atoms with E-state index in [4.69, 9.17) is 4.74 Å². The lowest BCUT2D eigenvalue weighted by molar-refractivity contribution is -0.0250. The quantitative estimate of drug-likeness (QED) is 0.536. The third-order valence-electron chi connectivity index (χ3n) is 7.97. The van der Waals surface area contributed by atoms with Crippen molar-refractivity contribution < 1.29 is 9.53 Å². The largest absolute Gasteiger partial charge is 0.490 e. The molecule has 1 N–H and O–H groups in total. The van der Waals surface area contributed by atoms with Crippen molar-refractivity contribution >= 4 is 5.91 Å². The van der Waals surface area contributed by atoms with Crippen LogP contribution in [0.25, 0.3) is 11.1 Å². The number of nitrogens with zero attached hydrogens (tertiary/aromatic N) is 2. The molecule has 3 atom stereocenters. The highest BCUT2D eigenvalue weighted by molar-refractivity contribution is 5.94. The van der Waals surface area contributed by atoms with Crippen molar-refractivity contribution in [1.82, 2.24) is 15.2 Å². The second-order valence-electron chi connectivity index (χ2n) is 10.3. The van der Waals surface area contributed by atoms with E-state index in [0.29, 0.717) is 12.1 Å². The van der Waals surface area contributed by atoms with Crippen LogP contribution in [0.1, 0.15) is 55.5 Å². The van der Waals surface area contributed by atoms with E-state index in [1.807, 2.05) is 54.6 Å². The predicted octanol–water partition coefficient (Wildman–Crippen LogP) is 5.46. The fourth-order valence-corrected chi connectivity index (χ4v) is 5.70. The number of carbonyl (C=O) groups excluding carboxylic acids is 1. The smallest absolute Gasteiger partial charge is 0.251 e. The zero-order valence-corrected chi connectivity index (χ0v) is 20.3. The van der Waals surface area contributed by atoms with Gasteiger partial charge in [0, 0.05) is 48.4 Å². The zero-order valence-electron chi connectivity index (χ0n) is 20.3. The lowest BCUT2D eigenvalue weighted by Crippen LogP contribution is -2.57. The number of carbonyl (C=O) groups is 1. The van der Waals surface area contributed by atoms with Gasteiger partial charge in [-0.15, -0.1) is 0 Å². The predicted molar refractivity (Wildman–Crippen MR) is 135 cm³/mol. The molecule has 3 heterocycles. The lowest BCUT2D eigenvalue weighted by atomic mass is 9.84. The summed E-state index contributed by atoms with van der Waals surface area (Å²) in [5.41, 5.74) is 4.26. The van der Waals surface area contributed by atoms with Gasteiger partial charge in [-0.25, -0.2) is 0 Å². The first-order valence-corrected chi connectivity index (χ1v) is 12.1. The number of pyridine rings is 1. The van der Waals surface area contributed by atoms with E-state index in [1.54, 1.807) is 12.4 Å². The van der Waals surface area contributed by atoms with Crippen molar-refractivity contribution in [1.29, 1.82) is 0 Å². The van der Waals surface area contributed by atoms with E-state index in [0.717, 1.165) is 35.3 Å². The van der Waals surface area contributed by atoms with Gasteiger partial charge in [0.05, 0.1) is 0 Å². The minimum Gasteiger partial charge on any atom is -0.490 e. The van der Waals surface area contributed by atoms with Gasteiger partial charge in [-0.3, -0.25) is 14.7 Å². The van der Waals surface area contributed by atoms with Gasteiger partial charge in [-0.05, 0) is 86.8 Å². The van der Waals surface area contributed by atoms with Crippen molar-refractivity contribution in [2.75, 3.05) is 7.05 Å².